The molecule has 0 spiro atoms. The number of aryl methyl sites for hydroxylation is 1. The minimum atomic E-state index is -0.609. The van der Waals surface area contributed by atoms with E-state index in [1.54, 1.807) is 24.5 Å². The fourth-order valence-corrected chi connectivity index (χ4v) is 2.88. The number of carbonyl (C=O) groups excluding carboxylic acids is 1. The Kier molecular flexibility index (Phi) is 6.17. The number of aromatic nitrogens is 3. The van der Waals surface area contributed by atoms with Crippen LogP contribution in [0.1, 0.15) is 17.3 Å². The fraction of sp³-hybridized carbons (Fsp3) is 0.158. The van der Waals surface area contributed by atoms with Crippen molar-refractivity contribution in [3.05, 3.63) is 70.8 Å². The van der Waals surface area contributed by atoms with Gasteiger partial charge in [-0.3, -0.25) is 9.78 Å². The molecule has 1 N–H and O–H groups in total. The van der Waals surface area contributed by atoms with Crippen molar-refractivity contribution in [2.45, 2.75) is 13.5 Å². The summed E-state index contributed by atoms with van der Waals surface area (Å²) >= 11 is 1.94. The molecular weight excluding hydrogens is 459 g/mol. The number of benzene rings is 1. The molecule has 0 saturated carbocycles. The number of nitrogens with one attached hydrogen (secondary N) is 1. The number of alkyl halides is 1. The predicted molar refractivity (Wildman–Crippen MR) is 111 cm³/mol. The summed E-state index contributed by atoms with van der Waals surface area (Å²) in [4.78, 5) is 29.7. The van der Waals surface area contributed by atoms with Gasteiger partial charge in [-0.2, -0.15) is 5.10 Å². The molecule has 0 aliphatic rings. The third kappa shape index (κ3) is 4.16. The van der Waals surface area contributed by atoms with Crippen LogP contribution < -0.4 is 10.9 Å². The molecule has 0 fully saturated rings. The first-order valence-corrected chi connectivity index (χ1v) is 9.79. The number of pyridine rings is 1. The molecule has 3 aromatic rings. The molecule has 0 bridgehead atoms. The van der Waals surface area contributed by atoms with E-state index >= 15 is 0 Å². The second-order valence-electron chi connectivity index (χ2n) is 5.49. The van der Waals surface area contributed by atoms with E-state index in [4.69, 9.17) is 4.74 Å². The zero-order valence-electron chi connectivity index (χ0n) is 14.6. The maximum absolute atomic E-state index is 12.9. The standard InChI is InChI=1S/C19H17IN4O3/c1-2-24-18(25)17(22-14-9-6-10-21-11-14)15(19(26)27-12-20)16(23-24)13-7-4-3-5-8-13/h3-11,22H,2,12H2,1H3. The minimum absolute atomic E-state index is 0.108. The van der Waals surface area contributed by atoms with Gasteiger partial charge >= 0.3 is 5.97 Å². The van der Waals surface area contributed by atoms with Gasteiger partial charge in [0.15, 0.2) is 0 Å². The van der Waals surface area contributed by atoms with Crippen LogP contribution in [0, 0.1) is 0 Å². The Balaban J connectivity index is 2.28. The summed E-state index contributed by atoms with van der Waals surface area (Å²) in [6.07, 6.45) is 3.20. The lowest BCUT2D eigenvalue weighted by atomic mass is 10.0. The topological polar surface area (TPSA) is 86.1 Å². The number of hydrogen-bond acceptors (Lipinski definition) is 6. The highest BCUT2D eigenvalue weighted by molar-refractivity contribution is 14.1. The molecule has 7 nitrogen and oxygen atoms in total. The van der Waals surface area contributed by atoms with Crippen LogP contribution >= 0.6 is 22.6 Å². The Morgan fingerprint density at radius 3 is 2.63 bits per heavy atom. The van der Waals surface area contributed by atoms with Crippen LogP contribution in [-0.4, -0.2) is 25.3 Å². The quantitative estimate of drug-likeness (QED) is 0.333. The van der Waals surface area contributed by atoms with Crippen molar-refractivity contribution < 1.29 is 9.53 Å². The number of esters is 1. The number of rotatable bonds is 6. The molecule has 2 aromatic heterocycles. The highest BCUT2D eigenvalue weighted by Crippen LogP contribution is 2.27. The predicted octanol–water partition coefficient (Wildman–Crippen LogP) is 3.62. The first kappa shape index (κ1) is 19.0. The van der Waals surface area contributed by atoms with Gasteiger partial charge in [0, 0.05) is 18.3 Å². The van der Waals surface area contributed by atoms with Gasteiger partial charge in [0.2, 0.25) is 0 Å². The third-order valence-corrected chi connectivity index (χ3v) is 4.13. The summed E-state index contributed by atoms with van der Waals surface area (Å²) in [7, 11) is 0. The summed E-state index contributed by atoms with van der Waals surface area (Å²) in [6, 6.07) is 12.7. The molecular formula is C19H17IN4O3. The van der Waals surface area contributed by atoms with Crippen molar-refractivity contribution in [2.75, 3.05) is 9.93 Å². The molecule has 1 aromatic carbocycles. The number of anilines is 2. The van der Waals surface area contributed by atoms with Crippen molar-refractivity contribution in [1.29, 1.82) is 0 Å². The normalized spacial score (nSPS) is 10.4. The van der Waals surface area contributed by atoms with E-state index in [1.165, 1.54) is 4.68 Å². The molecule has 3 rings (SSSR count). The molecule has 8 heteroatoms. The molecule has 0 atom stereocenters. The lowest BCUT2D eigenvalue weighted by Crippen LogP contribution is -2.29. The lowest BCUT2D eigenvalue weighted by molar-refractivity contribution is 0.0591. The van der Waals surface area contributed by atoms with E-state index in [0.717, 1.165) is 0 Å². The average Bonchev–Trinajstić information content (AvgIpc) is 2.71. The molecule has 2 heterocycles. The van der Waals surface area contributed by atoms with Crippen LogP contribution in [0.2, 0.25) is 0 Å². The number of ether oxygens (including phenoxy) is 1. The van der Waals surface area contributed by atoms with Crippen molar-refractivity contribution in [3.8, 4) is 11.3 Å². The van der Waals surface area contributed by atoms with E-state index in [0.29, 0.717) is 23.5 Å². The Labute approximate surface area is 169 Å². The van der Waals surface area contributed by atoms with E-state index in [9.17, 15) is 9.59 Å². The monoisotopic (exact) mass is 476 g/mol. The molecule has 0 saturated heterocycles. The van der Waals surface area contributed by atoms with Gasteiger partial charge in [-0.15, -0.1) is 0 Å². The number of hydrogen-bond donors (Lipinski definition) is 1. The average molecular weight is 476 g/mol. The molecule has 0 radical (unpaired) electrons. The SMILES string of the molecule is CCn1nc(-c2ccccc2)c(C(=O)OCI)c(Nc2cccnc2)c1=O. The number of carbonyl (C=O) groups is 1. The van der Waals surface area contributed by atoms with Crippen LogP contribution in [0.15, 0.2) is 59.7 Å². The zero-order chi connectivity index (χ0) is 19.2. The second-order valence-corrected chi connectivity index (χ2v) is 6.12. The lowest BCUT2D eigenvalue weighted by Gasteiger charge is -2.16. The Hall–Kier alpha value is -2.75. The van der Waals surface area contributed by atoms with Gasteiger partial charge in [0.1, 0.15) is 21.6 Å². The van der Waals surface area contributed by atoms with Gasteiger partial charge in [0.05, 0.1) is 11.9 Å². The van der Waals surface area contributed by atoms with Crippen molar-refractivity contribution in [1.82, 2.24) is 14.8 Å². The summed E-state index contributed by atoms with van der Waals surface area (Å²) in [5.41, 5.74) is 1.52. The van der Waals surface area contributed by atoms with Gasteiger partial charge in [-0.1, -0.05) is 30.3 Å². The van der Waals surface area contributed by atoms with E-state index in [1.807, 2.05) is 59.8 Å². The van der Waals surface area contributed by atoms with Crippen LogP contribution in [0.5, 0.6) is 0 Å². The van der Waals surface area contributed by atoms with Gasteiger partial charge in [0.25, 0.3) is 5.56 Å². The second kappa shape index (κ2) is 8.76. The first-order valence-electron chi connectivity index (χ1n) is 8.26. The highest BCUT2D eigenvalue weighted by Gasteiger charge is 2.25. The maximum Gasteiger partial charge on any atom is 0.343 e. The smallest absolute Gasteiger partial charge is 0.343 e. The van der Waals surface area contributed by atoms with Crippen molar-refractivity contribution in [2.24, 2.45) is 0 Å². The maximum atomic E-state index is 12.9. The molecule has 138 valence electrons. The summed E-state index contributed by atoms with van der Waals surface area (Å²) in [5, 5.41) is 7.44. The van der Waals surface area contributed by atoms with Crippen LogP contribution in [0.4, 0.5) is 11.4 Å². The number of halogens is 1. The van der Waals surface area contributed by atoms with E-state index in [2.05, 4.69) is 15.4 Å². The Morgan fingerprint density at radius 1 is 1.22 bits per heavy atom. The molecule has 27 heavy (non-hydrogen) atoms. The van der Waals surface area contributed by atoms with E-state index in [-0.39, 0.29) is 15.9 Å². The molecule has 0 aliphatic heterocycles. The fourth-order valence-electron chi connectivity index (χ4n) is 2.60. The van der Waals surface area contributed by atoms with Crippen molar-refractivity contribution >= 4 is 39.9 Å². The molecule has 0 amide bonds. The molecule has 0 unspecified atom stereocenters. The summed E-state index contributed by atoms with van der Waals surface area (Å²) in [5.74, 6) is -0.609. The van der Waals surface area contributed by atoms with Crippen LogP contribution in [-0.2, 0) is 11.3 Å². The highest BCUT2D eigenvalue weighted by atomic mass is 127. The van der Waals surface area contributed by atoms with Crippen LogP contribution in [0.3, 0.4) is 0 Å². The van der Waals surface area contributed by atoms with Crippen LogP contribution in [0.25, 0.3) is 11.3 Å². The Bertz CT molecular complexity index is 991. The summed E-state index contributed by atoms with van der Waals surface area (Å²) < 4.78 is 6.68. The van der Waals surface area contributed by atoms with Gasteiger partial charge in [-0.25, -0.2) is 9.48 Å². The van der Waals surface area contributed by atoms with Gasteiger partial charge < -0.3 is 10.1 Å². The minimum Gasteiger partial charge on any atom is -0.451 e. The van der Waals surface area contributed by atoms with E-state index < -0.39 is 11.5 Å². The summed E-state index contributed by atoms with van der Waals surface area (Å²) in [6.45, 7) is 2.18. The molecule has 0 aliphatic carbocycles. The van der Waals surface area contributed by atoms with Crippen molar-refractivity contribution in [3.63, 3.8) is 0 Å². The zero-order valence-corrected chi connectivity index (χ0v) is 16.7. The Morgan fingerprint density at radius 2 is 2.00 bits per heavy atom. The number of nitrogens with zero attached hydrogens (tertiary/aromatic N) is 3. The van der Waals surface area contributed by atoms with Gasteiger partial charge in [-0.05, 0) is 41.6 Å². The third-order valence-electron chi connectivity index (χ3n) is 3.82. The largest absolute Gasteiger partial charge is 0.451 e. The first-order chi connectivity index (χ1) is 13.2.